The second-order valence-electron chi connectivity index (χ2n) is 8.97. The molecule has 10 nitrogen and oxygen atoms in total. The highest BCUT2D eigenvalue weighted by molar-refractivity contribution is 6.00. The van der Waals surface area contributed by atoms with Gasteiger partial charge >= 0.3 is 0 Å². The van der Waals surface area contributed by atoms with E-state index in [9.17, 15) is 18.0 Å². The minimum absolute atomic E-state index is 0.0125. The number of rotatable bonds is 9. The molecule has 2 aromatic heterocycles. The first-order valence-electron chi connectivity index (χ1n) is 11.9. The number of nitrogens with one attached hydrogen (secondary N) is 1. The molecule has 1 saturated heterocycles. The van der Waals surface area contributed by atoms with Crippen molar-refractivity contribution in [1.82, 2.24) is 29.5 Å². The third-order valence-corrected chi connectivity index (χ3v) is 6.57. The highest BCUT2D eigenvalue weighted by Crippen LogP contribution is 2.34. The summed E-state index contributed by atoms with van der Waals surface area (Å²) in [5, 5.41) is 14.9. The number of halogens is 3. The van der Waals surface area contributed by atoms with Gasteiger partial charge in [-0.25, -0.2) is 18.2 Å². The summed E-state index contributed by atoms with van der Waals surface area (Å²) in [4.78, 5) is 19.1. The Hall–Kier alpha value is -4.57. The lowest BCUT2D eigenvalue weighted by atomic mass is 10.1. The molecule has 1 unspecified atom stereocenters. The van der Waals surface area contributed by atoms with Gasteiger partial charge in [0.1, 0.15) is 23.4 Å². The van der Waals surface area contributed by atoms with E-state index >= 15 is 0 Å². The van der Waals surface area contributed by atoms with Crippen LogP contribution in [-0.4, -0.2) is 76.7 Å². The average Bonchev–Trinajstić information content (AvgIpc) is 3.56. The lowest BCUT2D eigenvalue weighted by molar-refractivity contribution is 0.0285. The van der Waals surface area contributed by atoms with Crippen LogP contribution in [0, 0.1) is 11.3 Å². The summed E-state index contributed by atoms with van der Waals surface area (Å²) >= 11 is 0. The molecule has 5 rings (SSSR count). The average molecular weight is 540 g/mol. The lowest BCUT2D eigenvalue weighted by Crippen LogP contribution is -2.47. The van der Waals surface area contributed by atoms with Crippen molar-refractivity contribution in [3.05, 3.63) is 54.6 Å². The van der Waals surface area contributed by atoms with Gasteiger partial charge in [-0.1, -0.05) is 6.07 Å². The topological polar surface area (TPSA) is 110 Å². The van der Waals surface area contributed by atoms with Crippen LogP contribution >= 0.6 is 0 Å². The number of nitriles is 1. The Kier molecular flexibility index (Phi) is 7.12. The molecule has 0 spiro atoms. The van der Waals surface area contributed by atoms with Crippen LogP contribution in [0.5, 0.6) is 11.5 Å². The summed E-state index contributed by atoms with van der Waals surface area (Å²) in [7, 11) is 2.61. The molecule has 1 atom stereocenters. The van der Waals surface area contributed by atoms with Crippen molar-refractivity contribution in [2.45, 2.75) is 18.8 Å². The lowest BCUT2D eigenvalue weighted by Gasteiger charge is -2.37. The van der Waals surface area contributed by atoms with Crippen molar-refractivity contribution in [3.8, 4) is 34.4 Å². The molecule has 1 fully saturated rings. The zero-order chi connectivity index (χ0) is 27.7. The van der Waals surface area contributed by atoms with Gasteiger partial charge in [-0.15, -0.1) is 0 Å². The summed E-state index contributed by atoms with van der Waals surface area (Å²) in [6.45, 7) is 1.98. The van der Waals surface area contributed by atoms with E-state index in [0.717, 1.165) is 29.7 Å². The van der Waals surface area contributed by atoms with E-state index in [-0.39, 0.29) is 23.1 Å². The number of alkyl halides is 3. The molecule has 3 heterocycles. The van der Waals surface area contributed by atoms with E-state index in [4.69, 9.17) is 14.7 Å². The highest BCUT2D eigenvalue weighted by Gasteiger charge is 2.29. The van der Waals surface area contributed by atoms with Gasteiger partial charge in [0.15, 0.2) is 0 Å². The third kappa shape index (κ3) is 4.98. The zero-order valence-corrected chi connectivity index (χ0v) is 21.0. The summed E-state index contributed by atoms with van der Waals surface area (Å²) in [5.74, 6) is -1.07. The van der Waals surface area contributed by atoms with E-state index in [1.165, 1.54) is 26.4 Å². The van der Waals surface area contributed by atoms with Gasteiger partial charge in [-0.3, -0.25) is 18.9 Å². The molecule has 39 heavy (non-hydrogen) atoms. The number of amides is 1. The van der Waals surface area contributed by atoms with E-state index < -0.39 is 18.6 Å². The SMILES string of the molecule is COc1cc(-n2cnc3cc(-c4cnn(C5CN(CC#N)C5)c4)ccc32)cc(OC)c1C(=O)NC(F)C(F)F. The van der Waals surface area contributed by atoms with Crippen molar-refractivity contribution in [3.63, 3.8) is 0 Å². The quantitative estimate of drug-likeness (QED) is 0.256. The minimum atomic E-state index is -3.38. The Labute approximate surface area is 221 Å². The van der Waals surface area contributed by atoms with Crippen LogP contribution in [0.25, 0.3) is 27.8 Å². The molecule has 0 radical (unpaired) electrons. The fourth-order valence-corrected chi connectivity index (χ4v) is 4.55. The monoisotopic (exact) mass is 539 g/mol. The standard InChI is InChI=1S/C26H24F3N7O3/c1-38-21-8-17(9-22(39-2)23(21)26(37)33-25(29)24(27)28)35-14-31-19-7-15(3-4-20(19)35)16-10-32-36(11-16)18-12-34(13-18)6-5-30/h3-4,7-11,14,18,24-25H,6,12-13H2,1-2H3,(H,33,37). The third-order valence-electron chi connectivity index (χ3n) is 6.57. The number of ether oxygens (including phenoxy) is 2. The van der Waals surface area contributed by atoms with E-state index in [1.54, 1.807) is 22.4 Å². The van der Waals surface area contributed by atoms with Gasteiger partial charge in [0.25, 0.3) is 12.3 Å². The minimum Gasteiger partial charge on any atom is -0.496 e. The Bertz CT molecular complexity index is 1530. The maximum absolute atomic E-state index is 13.5. The first-order valence-corrected chi connectivity index (χ1v) is 11.9. The van der Waals surface area contributed by atoms with Crippen molar-refractivity contribution in [2.24, 2.45) is 0 Å². The Morgan fingerprint density at radius 2 is 1.87 bits per heavy atom. The van der Waals surface area contributed by atoms with Crippen molar-refractivity contribution < 1.29 is 27.4 Å². The maximum atomic E-state index is 13.5. The smallest absolute Gasteiger partial charge is 0.287 e. The predicted octanol–water partition coefficient (Wildman–Crippen LogP) is 3.58. The molecule has 0 aliphatic carbocycles. The summed E-state index contributed by atoms with van der Waals surface area (Å²) in [5.41, 5.74) is 3.62. The highest BCUT2D eigenvalue weighted by atomic mass is 19.3. The van der Waals surface area contributed by atoms with Crippen LogP contribution in [0.15, 0.2) is 49.1 Å². The van der Waals surface area contributed by atoms with Gasteiger partial charge in [-0.05, 0) is 17.7 Å². The second-order valence-corrected chi connectivity index (χ2v) is 8.97. The molecule has 13 heteroatoms. The van der Waals surface area contributed by atoms with E-state index in [0.29, 0.717) is 17.7 Å². The van der Waals surface area contributed by atoms with Crippen molar-refractivity contribution >= 4 is 16.9 Å². The molecule has 1 amide bonds. The van der Waals surface area contributed by atoms with Crippen LogP contribution < -0.4 is 14.8 Å². The summed E-state index contributed by atoms with van der Waals surface area (Å²) in [6.07, 6.45) is -0.849. The van der Waals surface area contributed by atoms with Crippen LogP contribution in [0.3, 0.4) is 0 Å². The maximum Gasteiger partial charge on any atom is 0.287 e. The number of methoxy groups -OCH3 is 2. The fraction of sp³-hybridized carbons (Fsp3) is 0.308. The van der Waals surface area contributed by atoms with Gasteiger partial charge in [0.2, 0.25) is 6.30 Å². The molecule has 1 aliphatic rings. The van der Waals surface area contributed by atoms with Crippen molar-refractivity contribution in [2.75, 3.05) is 33.9 Å². The Morgan fingerprint density at radius 3 is 2.51 bits per heavy atom. The number of fused-ring (bicyclic) bond motifs is 1. The number of imidazole rings is 1. The summed E-state index contributed by atoms with van der Waals surface area (Å²) in [6, 6.07) is 11.2. The molecule has 0 saturated carbocycles. The van der Waals surface area contributed by atoms with E-state index in [2.05, 4.69) is 21.1 Å². The van der Waals surface area contributed by atoms with Crippen LogP contribution in [0.2, 0.25) is 0 Å². The molecule has 1 N–H and O–H groups in total. The van der Waals surface area contributed by atoms with Gasteiger partial charge in [0.05, 0.1) is 55.8 Å². The largest absolute Gasteiger partial charge is 0.496 e. The van der Waals surface area contributed by atoms with Crippen LogP contribution in [0.4, 0.5) is 13.2 Å². The molecule has 0 bridgehead atoms. The molecule has 4 aromatic rings. The second kappa shape index (κ2) is 10.7. The molecular formula is C26H24F3N7O3. The normalized spacial score (nSPS) is 14.7. The molecular weight excluding hydrogens is 515 g/mol. The molecule has 2 aromatic carbocycles. The zero-order valence-electron chi connectivity index (χ0n) is 21.0. The number of hydrogen-bond donors (Lipinski definition) is 1. The van der Waals surface area contributed by atoms with E-state index in [1.807, 2.05) is 29.1 Å². The van der Waals surface area contributed by atoms with Crippen LogP contribution in [0.1, 0.15) is 16.4 Å². The summed E-state index contributed by atoms with van der Waals surface area (Å²) < 4.78 is 53.0. The number of hydrogen-bond acceptors (Lipinski definition) is 7. The fourth-order valence-electron chi connectivity index (χ4n) is 4.55. The Morgan fingerprint density at radius 1 is 1.15 bits per heavy atom. The number of likely N-dealkylation sites (tertiary alicyclic amines) is 1. The van der Waals surface area contributed by atoms with Gasteiger partial charge < -0.3 is 14.8 Å². The number of aromatic nitrogens is 4. The Balaban J connectivity index is 1.42. The number of nitrogens with zero attached hydrogens (tertiary/aromatic N) is 6. The van der Waals surface area contributed by atoms with Gasteiger partial charge in [0, 0.05) is 37.0 Å². The molecule has 1 aliphatic heterocycles. The predicted molar refractivity (Wildman–Crippen MR) is 135 cm³/mol. The number of carbonyl (C=O) groups is 1. The first kappa shape index (κ1) is 26.1. The van der Waals surface area contributed by atoms with Crippen LogP contribution in [-0.2, 0) is 0 Å². The van der Waals surface area contributed by atoms with Crippen molar-refractivity contribution in [1.29, 1.82) is 5.26 Å². The first-order chi connectivity index (χ1) is 18.8. The molecule has 202 valence electrons. The van der Waals surface area contributed by atoms with Gasteiger partial charge in [-0.2, -0.15) is 10.4 Å². The number of benzene rings is 2. The number of carbonyl (C=O) groups excluding carboxylic acids is 1.